The van der Waals surface area contributed by atoms with Crippen molar-refractivity contribution in [3.05, 3.63) is 28.4 Å². The predicted octanol–water partition coefficient (Wildman–Crippen LogP) is 6.75. The molecule has 1 saturated heterocycles. The summed E-state index contributed by atoms with van der Waals surface area (Å²) in [7, 11) is -1.84. The van der Waals surface area contributed by atoms with E-state index in [1.165, 1.54) is 0 Å². The van der Waals surface area contributed by atoms with E-state index in [9.17, 15) is 0 Å². The van der Waals surface area contributed by atoms with E-state index < -0.39 is 13.7 Å². The molecule has 1 unspecified atom stereocenters. The number of alkyl halides is 1. The summed E-state index contributed by atoms with van der Waals surface area (Å²) in [6, 6.07) is 1.99. The summed E-state index contributed by atoms with van der Waals surface area (Å²) in [6.07, 6.45) is 5.78. The van der Waals surface area contributed by atoms with Crippen molar-refractivity contribution in [3.8, 4) is 11.5 Å². The topological polar surface area (TPSA) is 27.1 Å². The third-order valence-corrected chi connectivity index (χ3v) is 11.7. The van der Waals surface area contributed by atoms with Gasteiger partial charge < -0.3 is 4.74 Å². The van der Waals surface area contributed by atoms with Gasteiger partial charge in [0.25, 0.3) is 0 Å². The molecule has 0 spiro atoms. The van der Waals surface area contributed by atoms with Crippen LogP contribution in [0.5, 0.6) is 0 Å². The largest absolute Gasteiger partial charge is 0.356 e. The molecule has 1 aromatic heterocycles. The molecule has 156 valence electrons. The third kappa shape index (κ3) is 3.76. The lowest BCUT2D eigenvalue weighted by atomic mass is 9.99. The summed E-state index contributed by atoms with van der Waals surface area (Å²) in [5, 5.41) is 5.95. The first kappa shape index (κ1) is 20.9. The van der Waals surface area contributed by atoms with Crippen molar-refractivity contribution in [2.24, 2.45) is 0 Å². The maximum atomic E-state index is 15.3. The Bertz CT molecular complexity index is 1000. The molecule has 1 aliphatic heterocycles. The molecule has 1 aliphatic carbocycles. The Labute approximate surface area is 179 Å². The number of hydrogen-bond acceptors (Lipinski definition) is 2. The molecule has 1 atom stereocenters. The van der Waals surface area contributed by atoms with Gasteiger partial charge >= 0.3 is 0 Å². The second-order valence-corrected chi connectivity index (χ2v) is 15.4. The van der Waals surface area contributed by atoms with Crippen LogP contribution in [0.4, 0.5) is 4.39 Å². The highest BCUT2D eigenvalue weighted by Crippen LogP contribution is 2.54. The molecular weight excluding hydrogens is 403 g/mol. The number of nitrogens with zero attached hydrogens (tertiary/aromatic N) is 2. The van der Waals surface area contributed by atoms with Crippen LogP contribution in [0.25, 0.3) is 10.9 Å². The lowest BCUT2D eigenvalue weighted by Gasteiger charge is -2.31. The van der Waals surface area contributed by atoms with E-state index in [0.717, 1.165) is 36.8 Å². The highest BCUT2D eigenvalue weighted by atomic mass is 35.5. The molecule has 0 amide bonds. The van der Waals surface area contributed by atoms with E-state index in [4.69, 9.17) is 16.3 Å². The molecule has 0 radical (unpaired) electrons. The molecule has 0 N–H and O–H groups in total. The summed E-state index contributed by atoms with van der Waals surface area (Å²) in [6.45, 7) is 12.0. The van der Waals surface area contributed by atoms with E-state index >= 15 is 4.39 Å². The van der Waals surface area contributed by atoms with Crippen molar-refractivity contribution in [1.82, 2.24) is 9.78 Å². The van der Waals surface area contributed by atoms with Crippen LogP contribution in [0, 0.1) is 11.5 Å². The van der Waals surface area contributed by atoms with Crippen molar-refractivity contribution in [2.45, 2.75) is 82.9 Å². The first-order valence-electron chi connectivity index (χ1n) is 10.6. The maximum absolute atomic E-state index is 15.3. The van der Waals surface area contributed by atoms with Crippen LogP contribution in [0.15, 0.2) is 12.3 Å². The summed E-state index contributed by atoms with van der Waals surface area (Å²) in [4.78, 5) is 0. The van der Waals surface area contributed by atoms with E-state index in [1.807, 2.05) is 10.7 Å². The van der Waals surface area contributed by atoms with Crippen molar-refractivity contribution in [2.75, 3.05) is 6.61 Å². The van der Waals surface area contributed by atoms with Crippen molar-refractivity contribution >= 4 is 30.6 Å². The molecule has 1 aromatic carbocycles. The van der Waals surface area contributed by atoms with E-state index in [-0.39, 0.29) is 11.3 Å². The molecule has 1 saturated carbocycles. The average molecular weight is 433 g/mol. The van der Waals surface area contributed by atoms with Crippen molar-refractivity contribution in [3.63, 3.8) is 0 Å². The van der Waals surface area contributed by atoms with Crippen LogP contribution in [-0.4, -0.2) is 24.5 Å². The van der Waals surface area contributed by atoms with Gasteiger partial charge in [0, 0.05) is 23.1 Å². The molecule has 3 nitrogen and oxygen atoms in total. The minimum absolute atomic E-state index is 0.0929. The second kappa shape index (κ2) is 7.11. The number of halogens is 2. The molecule has 6 heteroatoms. The van der Waals surface area contributed by atoms with Crippen LogP contribution in [0.3, 0.4) is 0 Å². The summed E-state index contributed by atoms with van der Waals surface area (Å²) in [5.41, 5.74) is 4.34. The van der Waals surface area contributed by atoms with E-state index in [1.54, 1.807) is 6.20 Å². The zero-order valence-electron chi connectivity index (χ0n) is 18.0. The molecule has 2 aliphatic rings. The van der Waals surface area contributed by atoms with Gasteiger partial charge in [0.15, 0.2) is 6.23 Å². The van der Waals surface area contributed by atoms with Crippen molar-refractivity contribution < 1.29 is 9.13 Å². The van der Waals surface area contributed by atoms with Gasteiger partial charge in [-0.15, -0.1) is 5.54 Å². The molecule has 2 heterocycles. The van der Waals surface area contributed by atoms with Gasteiger partial charge in [-0.1, -0.05) is 51.4 Å². The smallest absolute Gasteiger partial charge is 0.150 e. The Morgan fingerprint density at radius 3 is 2.62 bits per heavy atom. The molecule has 4 rings (SSSR count). The van der Waals surface area contributed by atoms with Crippen LogP contribution >= 0.6 is 11.6 Å². The molecular formula is C23H30ClFN2OSi. The van der Waals surface area contributed by atoms with Crippen LogP contribution < -0.4 is 0 Å². The Hall–Kier alpha value is -1.35. The number of aromatic nitrogens is 2. The van der Waals surface area contributed by atoms with Gasteiger partial charge in [0.05, 0.1) is 16.7 Å². The lowest BCUT2D eigenvalue weighted by molar-refractivity contribution is -0.0366. The number of hydrogen-bond donors (Lipinski definition) is 0. The number of benzene rings is 1. The molecule has 29 heavy (non-hydrogen) atoms. The average Bonchev–Trinajstić information content (AvgIpc) is 3.24. The van der Waals surface area contributed by atoms with E-state index in [2.05, 4.69) is 50.4 Å². The Morgan fingerprint density at radius 1 is 1.31 bits per heavy atom. The zero-order chi connectivity index (χ0) is 21.0. The monoisotopic (exact) mass is 432 g/mol. The van der Waals surface area contributed by atoms with Gasteiger partial charge in [-0.2, -0.15) is 5.10 Å². The fraction of sp³-hybridized carbons (Fsp3) is 0.609. The standard InChI is InChI=1S/C23H30ClFN2OSi/c1-22(2,3)29(4,5)13-9-16-14-18-17(21(24)20(16)23(25)10-11-23)15-26-27(18)19-8-6-7-12-28-19/h14-15,19H,6-8,10-12H2,1-5H3. The normalized spacial score (nSPS) is 21.7. The minimum Gasteiger partial charge on any atom is -0.356 e. The lowest BCUT2D eigenvalue weighted by Crippen LogP contribution is -2.35. The van der Waals surface area contributed by atoms with Crippen LogP contribution in [0.2, 0.25) is 23.2 Å². The van der Waals surface area contributed by atoms with Gasteiger partial charge in [-0.3, -0.25) is 0 Å². The zero-order valence-corrected chi connectivity index (χ0v) is 19.8. The number of fused-ring (bicyclic) bond motifs is 1. The summed E-state index contributed by atoms with van der Waals surface area (Å²) in [5.74, 6) is 3.36. The summed E-state index contributed by atoms with van der Waals surface area (Å²) < 4.78 is 23.1. The van der Waals surface area contributed by atoms with Crippen LogP contribution in [-0.2, 0) is 10.4 Å². The first-order chi connectivity index (χ1) is 13.5. The molecule has 0 bridgehead atoms. The SMILES string of the molecule is CC(C)(C)[Si](C)(C)C#Cc1cc2c(cnn2C2CCCCO2)c(Cl)c1C1(F)CC1. The third-order valence-electron chi connectivity index (χ3n) is 6.79. The first-order valence-corrected chi connectivity index (χ1v) is 14.0. The quantitative estimate of drug-likeness (QED) is 0.387. The number of ether oxygens (including phenoxy) is 1. The fourth-order valence-electron chi connectivity index (χ4n) is 3.60. The predicted molar refractivity (Wildman–Crippen MR) is 120 cm³/mol. The Morgan fingerprint density at radius 2 is 2.03 bits per heavy atom. The highest BCUT2D eigenvalue weighted by Gasteiger charge is 2.48. The highest BCUT2D eigenvalue weighted by molar-refractivity contribution is 6.87. The Balaban J connectivity index is 1.88. The van der Waals surface area contributed by atoms with Gasteiger partial charge in [-0.05, 0) is 43.2 Å². The summed E-state index contributed by atoms with van der Waals surface area (Å²) >= 11 is 6.77. The number of rotatable bonds is 2. The molecule has 2 fully saturated rings. The van der Waals surface area contributed by atoms with E-state index in [0.29, 0.717) is 29.0 Å². The van der Waals surface area contributed by atoms with Gasteiger partial charge in [-0.25, -0.2) is 9.07 Å². The fourth-order valence-corrected chi connectivity index (χ4v) is 4.84. The van der Waals surface area contributed by atoms with Crippen LogP contribution in [0.1, 0.15) is 70.2 Å². The Kier molecular flexibility index (Phi) is 5.13. The second-order valence-electron chi connectivity index (χ2n) is 10.0. The van der Waals surface area contributed by atoms with Gasteiger partial charge in [0.1, 0.15) is 13.7 Å². The van der Waals surface area contributed by atoms with Crippen molar-refractivity contribution in [1.29, 1.82) is 0 Å². The molecule has 2 aromatic rings. The minimum atomic E-state index is -1.84. The maximum Gasteiger partial charge on any atom is 0.150 e. The van der Waals surface area contributed by atoms with Gasteiger partial charge in [0.2, 0.25) is 0 Å².